The lowest BCUT2D eigenvalue weighted by Crippen LogP contribution is -2.26. The van der Waals surface area contributed by atoms with Gasteiger partial charge in [-0.1, -0.05) is 97.6 Å². The maximum Gasteiger partial charge on any atom is 0.341 e. The fraction of sp³-hybridized carbons (Fsp3) is 0.270. The number of carboxylic acid groups (broad SMARTS) is 1. The summed E-state index contributed by atoms with van der Waals surface area (Å²) in [5.41, 5.74) is 5.96. The SMILES string of the molecule is C=C(c1cccc(C2(O)CC2)c1)N(CCCc1cccc(OCC(=O)O)c1)CCC(c1ccccc1)c1ccccc1. The van der Waals surface area contributed by atoms with Crippen LogP contribution in [0.25, 0.3) is 5.70 Å². The van der Waals surface area contributed by atoms with Gasteiger partial charge in [0.15, 0.2) is 6.61 Å². The molecule has 0 amide bonds. The summed E-state index contributed by atoms with van der Waals surface area (Å²) in [6.45, 7) is 5.82. The molecule has 0 radical (unpaired) electrons. The second-order valence-electron chi connectivity index (χ2n) is 11.1. The highest BCUT2D eigenvalue weighted by Gasteiger charge is 2.42. The Morgan fingerprint density at radius 1 is 0.857 bits per heavy atom. The number of nitrogens with zero attached hydrogens (tertiary/aromatic N) is 1. The van der Waals surface area contributed by atoms with Gasteiger partial charge in [0.25, 0.3) is 0 Å². The number of aliphatic hydroxyl groups is 1. The summed E-state index contributed by atoms with van der Waals surface area (Å²) in [6, 6.07) is 37.2. The largest absolute Gasteiger partial charge is 0.482 e. The van der Waals surface area contributed by atoms with Gasteiger partial charge in [-0.25, -0.2) is 4.79 Å². The third-order valence-electron chi connectivity index (χ3n) is 8.08. The molecule has 0 atom stereocenters. The zero-order chi connectivity index (χ0) is 29.4. The van der Waals surface area contributed by atoms with Gasteiger partial charge in [0.05, 0.1) is 5.60 Å². The summed E-state index contributed by atoms with van der Waals surface area (Å²) in [6.07, 6.45) is 4.26. The smallest absolute Gasteiger partial charge is 0.341 e. The molecule has 1 aliphatic rings. The van der Waals surface area contributed by atoms with Crippen LogP contribution in [0.4, 0.5) is 0 Å². The first-order chi connectivity index (χ1) is 20.4. The van der Waals surface area contributed by atoms with E-state index in [1.54, 1.807) is 6.07 Å². The predicted molar refractivity (Wildman–Crippen MR) is 167 cm³/mol. The minimum atomic E-state index is -0.989. The van der Waals surface area contributed by atoms with Crippen LogP contribution in [0.15, 0.2) is 116 Å². The molecule has 0 spiro atoms. The van der Waals surface area contributed by atoms with Crippen molar-refractivity contribution in [2.45, 2.75) is 43.6 Å². The van der Waals surface area contributed by atoms with Crippen LogP contribution < -0.4 is 4.74 Å². The molecule has 42 heavy (non-hydrogen) atoms. The van der Waals surface area contributed by atoms with E-state index in [1.807, 2.05) is 30.3 Å². The van der Waals surface area contributed by atoms with Crippen molar-refractivity contribution >= 4 is 11.7 Å². The maximum absolute atomic E-state index is 10.9. The van der Waals surface area contributed by atoms with Crippen LogP contribution in [-0.4, -0.2) is 40.8 Å². The third kappa shape index (κ3) is 7.68. The summed E-state index contributed by atoms with van der Waals surface area (Å²) >= 11 is 0. The molecule has 5 nitrogen and oxygen atoms in total. The van der Waals surface area contributed by atoms with E-state index >= 15 is 0 Å². The van der Waals surface area contributed by atoms with Crippen molar-refractivity contribution in [2.24, 2.45) is 0 Å². The number of benzene rings is 4. The monoisotopic (exact) mass is 561 g/mol. The molecule has 0 bridgehead atoms. The molecule has 1 fully saturated rings. The number of hydrogen-bond donors (Lipinski definition) is 2. The molecule has 0 heterocycles. The van der Waals surface area contributed by atoms with Crippen molar-refractivity contribution in [3.05, 3.63) is 144 Å². The Morgan fingerprint density at radius 3 is 2.17 bits per heavy atom. The molecular formula is C37H39NO4. The Morgan fingerprint density at radius 2 is 1.52 bits per heavy atom. The first-order valence-electron chi connectivity index (χ1n) is 14.7. The highest BCUT2D eigenvalue weighted by Crippen LogP contribution is 2.45. The van der Waals surface area contributed by atoms with E-state index in [0.29, 0.717) is 5.75 Å². The van der Waals surface area contributed by atoms with Crippen LogP contribution in [0.1, 0.15) is 59.4 Å². The van der Waals surface area contributed by atoms with Gasteiger partial charge >= 0.3 is 5.97 Å². The Balaban J connectivity index is 1.33. The number of rotatable bonds is 15. The quantitative estimate of drug-likeness (QED) is 0.160. The van der Waals surface area contributed by atoms with Crippen LogP contribution in [0, 0.1) is 0 Å². The van der Waals surface area contributed by atoms with Crippen molar-refractivity contribution < 1.29 is 19.7 Å². The third-order valence-corrected chi connectivity index (χ3v) is 8.08. The second kappa shape index (κ2) is 13.5. The van der Waals surface area contributed by atoms with E-state index in [1.165, 1.54) is 11.1 Å². The number of aliphatic carboxylic acids is 1. The minimum absolute atomic E-state index is 0.254. The summed E-state index contributed by atoms with van der Waals surface area (Å²) < 4.78 is 5.38. The molecule has 5 heteroatoms. The number of hydrogen-bond acceptors (Lipinski definition) is 4. The van der Waals surface area contributed by atoms with Gasteiger partial charge in [-0.05, 0) is 78.1 Å². The zero-order valence-electron chi connectivity index (χ0n) is 24.0. The molecule has 216 valence electrons. The number of carboxylic acids is 1. The summed E-state index contributed by atoms with van der Waals surface area (Å²) in [5.74, 6) is -0.166. The molecule has 0 unspecified atom stereocenters. The minimum Gasteiger partial charge on any atom is -0.482 e. The molecule has 1 aliphatic carbocycles. The van der Waals surface area contributed by atoms with E-state index in [4.69, 9.17) is 9.84 Å². The van der Waals surface area contributed by atoms with E-state index in [-0.39, 0.29) is 12.5 Å². The van der Waals surface area contributed by atoms with Crippen LogP contribution in [0.5, 0.6) is 5.75 Å². The molecule has 4 aromatic carbocycles. The lowest BCUT2D eigenvalue weighted by Gasteiger charge is -2.30. The van der Waals surface area contributed by atoms with Crippen molar-refractivity contribution in [1.29, 1.82) is 0 Å². The number of aryl methyl sites for hydroxylation is 1. The summed E-state index contributed by atoms with van der Waals surface area (Å²) in [4.78, 5) is 13.3. The molecule has 0 aliphatic heterocycles. The number of carbonyl (C=O) groups is 1. The Bertz CT molecular complexity index is 1440. The highest BCUT2D eigenvalue weighted by molar-refractivity contribution is 5.68. The molecule has 5 rings (SSSR count). The fourth-order valence-corrected chi connectivity index (χ4v) is 5.55. The molecule has 2 N–H and O–H groups in total. The predicted octanol–water partition coefficient (Wildman–Crippen LogP) is 7.26. The number of ether oxygens (including phenoxy) is 1. The van der Waals surface area contributed by atoms with Crippen LogP contribution >= 0.6 is 0 Å². The Labute approximate surface area is 248 Å². The van der Waals surface area contributed by atoms with Crippen LogP contribution in [0.3, 0.4) is 0 Å². The average molecular weight is 562 g/mol. The molecule has 0 saturated heterocycles. The van der Waals surface area contributed by atoms with Crippen molar-refractivity contribution in [3.8, 4) is 5.75 Å². The van der Waals surface area contributed by atoms with E-state index in [9.17, 15) is 9.90 Å². The van der Waals surface area contributed by atoms with Gasteiger partial charge in [-0.2, -0.15) is 0 Å². The fourth-order valence-electron chi connectivity index (χ4n) is 5.55. The van der Waals surface area contributed by atoms with Gasteiger partial charge < -0.3 is 19.8 Å². The van der Waals surface area contributed by atoms with Gasteiger partial charge in [0.2, 0.25) is 0 Å². The maximum atomic E-state index is 10.9. The van der Waals surface area contributed by atoms with Crippen LogP contribution in [-0.2, 0) is 16.8 Å². The van der Waals surface area contributed by atoms with Gasteiger partial charge in [0.1, 0.15) is 5.75 Å². The van der Waals surface area contributed by atoms with E-state index < -0.39 is 11.6 Å². The summed E-state index contributed by atoms with van der Waals surface area (Å²) in [5, 5.41) is 19.7. The van der Waals surface area contributed by atoms with Gasteiger partial charge in [-0.15, -0.1) is 0 Å². The molecule has 0 aromatic heterocycles. The topological polar surface area (TPSA) is 70.0 Å². The highest BCUT2D eigenvalue weighted by atomic mass is 16.5. The van der Waals surface area contributed by atoms with E-state index in [0.717, 1.165) is 67.6 Å². The molecule has 4 aromatic rings. The second-order valence-corrected chi connectivity index (χ2v) is 11.1. The first kappa shape index (κ1) is 29.2. The Hall–Kier alpha value is -4.35. The standard InChI is InChI=1S/C37H39NO4/c1-28(32-17-9-18-33(26-32)37(41)21-22-37)38(23-10-12-29-11-8-19-34(25-29)42-27-36(39)40)24-20-35(30-13-4-2-5-14-30)31-15-6-3-7-16-31/h2-9,11,13-19,25-26,35,41H,1,10,12,20-24,27H2,(H,39,40). The molecular weight excluding hydrogens is 522 g/mol. The van der Waals surface area contributed by atoms with Crippen molar-refractivity contribution in [3.63, 3.8) is 0 Å². The summed E-state index contributed by atoms with van der Waals surface area (Å²) in [7, 11) is 0. The Kier molecular flexibility index (Phi) is 9.40. The van der Waals surface area contributed by atoms with Crippen molar-refractivity contribution in [1.82, 2.24) is 4.90 Å². The van der Waals surface area contributed by atoms with Crippen LogP contribution in [0.2, 0.25) is 0 Å². The van der Waals surface area contributed by atoms with Gasteiger partial charge in [0, 0.05) is 24.7 Å². The lowest BCUT2D eigenvalue weighted by atomic mass is 9.88. The van der Waals surface area contributed by atoms with Gasteiger partial charge in [-0.3, -0.25) is 0 Å². The average Bonchev–Trinajstić information content (AvgIpc) is 3.78. The van der Waals surface area contributed by atoms with E-state index in [2.05, 4.69) is 84.3 Å². The first-order valence-corrected chi connectivity index (χ1v) is 14.7. The zero-order valence-corrected chi connectivity index (χ0v) is 24.0. The normalized spacial score (nSPS) is 13.5. The molecule has 1 saturated carbocycles. The van der Waals surface area contributed by atoms with Crippen molar-refractivity contribution in [2.75, 3.05) is 19.7 Å². The lowest BCUT2D eigenvalue weighted by molar-refractivity contribution is -0.139.